The number of rotatable bonds is 4. The van der Waals surface area contributed by atoms with E-state index >= 15 is 0 Å². The monoisotopic (exact) mass is 293 g/mol. The zero-order valence-electron chi connectivity index (χ0n) is 8.51. The van der Waals surface area contributed by atoms with Gasteiger partial charge in [-0.3, -0.25) is 9.69 Å². The predicted octanol–water partition coefficient (Wildman–Crippen LogP) is 2.24. The fourth-order valence-corrected chi connectivity index (χ4v) is 1.64. The highest BCUT2D eigenvalue weighted by atomic mass is 79.9. The van der Waals surface area contributed by atoms with Crippen molar-refractivity contribution >= 4 is 21.9 Å². The minimum absolute atomic E-state index is 0.0938. The van der Waals surface area contributed by atoms with Crippen LogP contribution in [-0.2, 0) is 11.3 Å². The third kappa shape index (κ3) is 3.24. The van der Waals surface area contributed by atoms with Crippen LogP contribution in [0.2, 0.25) is 0 Å². The molecule has 6 heteroatoms. The first kappa shape index (κ1) is 13.1. The number of hydrogen-bond donors (Lipinski definition) is 1. The van der Waals surface area contributed by atoms with Crippen molar-refractivity contribution in [2.45, 2.75) is 6.54 Å². The first-order valence-corrected chi connectivity index (χ1v) is 5.24. The van der Waals surface area contributed by atoms with Crippen LogP contribution >= 0.6 is 15.9 Å². The Kier molecular flexibility index (Phi) is 4.37. The van der Waals surface area contributed by atoms with Gasteiger partial charge in [0.25, 0.3) is 0 Å². The molecule has 88 valence electrons. The van der Waals surface area contributed by atoms with E-state index in [0.29, 0.717) is 0 Å². The SMILES string of the molecule is CN(CC(=O)O)Cc1c(F)ccc(Br)c1F. The summed E-state index contributed by atoms with van der Waals surface area (Å²) in [7, 11) is 1.48. The van der Waals surface area contributed by atoms with Crippen LogP contribution in [-0.4, -0.2) is 29.6 Å². The van der Waals surface area contributed by atoms with Crippen LogP contribution in [0.3, 0.4) is 0 Å². The van der Waals surface area contributed by atoms with E-state index in [9.17, 15) is 13.6 Å². The van der Waals surface area contributed by atoms with Crippen molar-refractivity contribution in [3.8, 4) is 0 Å². The van der Waals surface area contributed by atoms with E-state index in [4.69, 9.17) is 5.11 Å². The Hall–Kier alpha value is -1.01. The van der Waals surface area contributed by atoms with Gasteiger partial charge in [-0.1, -0.05) is 0 Å². The summed E-state index contributed by atoms with van der Waals surface area (Å²) in [5, 5.41) is 8.52. The lowest BCUT2D eigenvalue weighted by Gasteiger charge is -2.15. The van der Waals surface area contributed by atoms with Crippen molar-refractivity contribution < 1.29 is 18.7 Å². The molecule has 0 saturated carbocycles. The van der Waals surface area contributed by atoms with Gasteiger partial charge in [0.1, 0.15) is 11.6 Å². The first-order valence-electron chi connectivity index (χ1n) is 4.44. The highest BCUT2D eigenvalue weighted by Gasteiger charge is 2.15. The van der Waals surface area contributed by atoms with E-state index in [2.05, 4.69) is 15.9 Å². The van der Waals surface area contributed by atoms with Gasteiger partial charge in [-0.05, 0) is 35.1 Å². The molecule has 1 aromatic carbocycles. The third-order valence-corrected chi connectivity index (χ3v) is 2.58. The second-order valence-corrected chi connectivity index (χ2v) is 4.24. The number of carboxylic acids is 1. The van der Waals surface area contributed by atoms with Crippen molar-refractivity contribution in [1.29, 1.82) is 0 Å². The minimum Gasteiger partial charge on any atom is -0.480 e. The summed E-state index contributed by atoms with van der Waals surface area (Å²) in [6, 6.07) is 2.41. The molecule has 0 aliphatic heterocycles. The van der Waals surface area contributed by atoms with Gasteiger partial charge in [0.2, 0.25) is 0 Å². The maximum absolute atomic E-state index is 13.5. The average Bonchev–Trinajstić information content (AvgIpc) is 2.17. The molecular formula is C10H10BrF2NO2. The van der Waals surface area contributed by atoms with Gasteiger partial charge in [-0.2, -0.15) is 0 Å². The largest absolute Gasteiger partial charge is 0.480 e. The average molecular weight is 294 g/mol. The van der Waals surface area contributed by atoms with Crippen molar-refractivity contribution in [1.82, 2.24) is 4.90 Å². The first-order chi connectivity index (χ1) is 7.41. The maximum atomic E-state index is 13.5. The zero-order chi connectivity index (χ0) is 12.3. The molecule has 0 heterocycles. The van der Waals surface area contributed by atoms with E-state index in [1.54, 1.807) is 0 Å². The molecule has 0 aliphatic rings. The number of carbonyl (C=O) groups is 1. The van der Waals surface area contributed by atoms with E-state index in [1.807, 2.05) is 0 Å². The normalized spacial score (nSPS) is 10.8. The molecule has 0 spiro atoms. The standard InChI is InChI=1S/C10H10BrF2NO2/c1-14(5-9(15)16)4-6-8(12)3-2-7(11)10(6)13/h2-3H,4-5H2,1H3,(H,15,16). The Balaban J connectivity index is 2.88. The number of likely N-dealkylation sites (N-methyl/N-ethyl adjacent to an activating group) is 1. The van der Waals surface area contributed by atoms with Crippen LogP contribution in [0.1, 0.15) is 5.56 Å². The van der Waals surface area contributed by atoms with E-state index in [1.165, 1.54) is 18.0 Å². The summed E-state index contributed by atoms with van der Waals surface area (Å²) in [5.74, 6) is -2.42. The summed E-state index contributed by atoms with van der Waals surface area (Å²) < 4.78 is 27.0. The Morgan fingerprint density at radius 3 is 2.69 bits per heavy atom. The van der Waals surface area contributed by atoms with Gasteiger partial charge >= 0.3 is 5.97 Å². The van der Waals surface area contributed by atoms with Crippen LogP contribution in [0.4, 0.5) is 8.78 Å². The summed E-state index contributed by atoms with van der Waals surface area (Å²) >= 11 is 2.94. The van der Waals surface area contributed by atoms with Crippen LogP contribution < -0.4 is 0 Å². The van der Waals surface area contributed by atoms with E-state index in [0.717, 1.165) is 6.07 Å². The lowest BCUT2D eigenvalue weighted by atomic mass is 10.2. The number of halogens is 3. The summed E-state index contributed by atoms with van der Waals surface area (Å²) in [6.07, 6.45) is 0. The number of aliphatic carboxylic acids is 1. The van der Waals surface area contributed by atoms with Crippen LogP contribution in [0.25, 0.3) is 0 Å². The number of nitrogens with zero attached hydrogens (tertiary/aromatic N) is 1. The molecule has 1 aromatic rings. The number of benzene rings is 1. The molecular weight excluding hydrogens is 284 g/mol. The van der Waals surface area contributed by atoms with Crippen molar-refractivity contribution in [2.75, 3.05) is 13.6 Å². The van der Waals surface area contributed by atoms with Gasteiger partial charge in [0, 0.05) is 12.1 Å². The van der Waals surface area contributed by atoms with Crippen LogP contribution in [0.15, 0.2) is 16.6 Å². The molecule has 0 saturated heterocycles. The van der Waals surface area contributed by atoms with Crippen LogP contribution in [0.5, 0.6) is 0 Å². The molecule has 0 unspecified atom stereocenters. The molecule has 0 radical (unpaired) electrons. The topological polar surface area (TPSA) is 40.5 Å². The van der Waals surface area contributed by atoms with E-state index in [-0.39, 0.29) is 23.1 Å². The lowest BCUT2D eigenvalue weighted by Crippen LogP contribution is -2.26. The van der Waals surface area contributed by atoms with Crippen molar-refractivity contribution in [2.24, 2.45) is 0 Å². The molecule has 3 nitrogen and oxygen atoms in total. The molecule has 0 fully saturated rings. The Bertz CT molecular complexity index is 412. The Labute approximate surface area is 99.8 Å². The smallest absolute Gasteiger partial charge is 0.317 e. The van der Waals surface area contributed by atoms with Gasteiger partial charge in [-0.15, -0.1) is 0 Å². The minimum atomic E-state index is -1.04. The van der Waals surface area contributed by atoms with Crippen molar-refractivity contribution in [3.63, 3.8) is 0 Å². The van der Waals surface area contributed by atoms with E-state index < -0.39 is 17.6 Å². The highest BCUT2D eigenvalue weighted by Crippen LogP contribution is 2.22. The quantitative estimate of drug-likeness (QED) is 0.866. The van der Waals surface area contributed by atoms with Gasteiger partial charge in [0.15, 0.2) is 0 Å². The van der Waals surface area contributed by atoms with Gasteiger partial charge in [0.05, 0.1) is 11.0 Å². The molecule has 0 aromatic heterocycles. The van der Waals surface area contributed by atoms with Crippen LogP contribution in [0, 0.1) is 11.6 Å². The molecule has 1 rings (SSSR count). The molecule has 0 amide bonds. The number of hydrogen-bond acceptors (Lipinski definition) is 2. The Morgan fingerprint density at radius 2 is 2.12 bits per heavy atom. The molecule has 16 heavy (non-hydrogen) atoms. The number of carboxylic acid groups (broad SMARTS) is 1. The summed E-state index contributed by atoms with van der Waals surface area (Å²) in [6.45, 7) is -0.366. The second kappa shape index (κ2) is 5.36. The molecule has 0 aliphatic carbocycles. The predicted molar refractivity (Wildman–Crippen MR) is 58.0 cm³/mol. The molecule has 1 N–H and O–H groups in total. The fraction of sp³-hybridized carbons (Fsp3) is 0.300. The highest BCUT2D eigenvalue weighted by molar-refractivity contribution is 9.10. The summed E-state index contributed by atoms with van der Waals surface area (Å²) in [5.41, 5.74) is -0.141. The van der Waals surface area contributed by atoms with Crippen molar-refractivity contribution in [3.05, 3.63) is 33.8 Å². The Morgan fingerprint density at radius 1 is 1.50 bits per heavy atom. The molecule has 0 bridgehead atoms. The fourth-order valence-electron chi connectivity index (χ4n) is 1.27. The lowest BCUT2D eigenvalue weighted by molar-refractivity contribution is -0.138. The van der Waals surface area contributed by atoms with Gasteiger partial charge < -0.3 is 5.11 Å². The summed E-state index contributed by atoms with van der Waals surface area (Å²) in [4.78, 5) is 11.7. The van der Waals surface area contributed by atoms with Gasteiger partial charge in [-0.25, -0.2) is 8.78 Å². The maximum Gasteiger partial charge on any atom is 0.317 e. The molecule has 0 atom stereocenters. The third-order valence-electron chi connectivity index (χ3n) is 1.97. The second-order valence-electron chi connectivity index (χ2n) is 3.39. The zero-order valence-corrected chi connectivity index (χ0v) is 10.1.